The average Bonchev–Trinajstić information content (AvgIpc) is 3.38. The number of amides is 2. The van der Waals surface area contributed by atoms with Crippen LogP contribution in [0.15, 0.2) is 42.6 Å². The number of nitrogens with zero attached hydrogens (tertiary/aromatic N) is 3. The highest BCUT2D eigenvalue weighted by Gasteiger charge is 2.27. The zero-order valence-corrected chi connectivity index (χ0v) is 18.5. The number of anilines is 2. The first-order valence-corrected chi connectivity index (χ1v) is 12.5. The molecule has 0 bridgehead atoms. The number of carbonyl (C=O) groups is 2. The molecule has 11 heteroatoms. The van der Waals surface area contributed by atoms with E-state index in [-0.39, 0.29) is 23.6 Å². The third kappa shape index (κ3) is 4.11. The number of sulfone groups is 1. The van der Waals surface area contributed by atoms with Crippen molar-refractivity contribution >= 4 is 44.2 Å². The van der Waals surface area contributed by atoms with Crippen molar-refractivity contribution in [3.63, 3.8) is 0 Å². The summed E-state index contributed by atoms with van der Waals surface area (Å²) in [7, 11) is -2.93. The van der Waals surface area contributed by atoms with Gasteiger partial charge in [-0.15, -0.1) is 0 Å². The molecular formula is C22H23N5O5S. The Morgan fingerprint density at radius 1 is 1.12 bits per heavy atom. The second kappa shape index (κ2) is 8.07. The van der Waals surface area contributed by atoms with Crippen LogP contribution in [0.4, 0.5) is 21.0 Å². The van der Waals surface area contributed by atoms with E-state index < -0.39 is 15.9 Å². The highest BCUT2D eigenvalue weighted by molar-refractivity contribution is 7.91. The summed E-state index contributed by atoms with van der Waals surface area (Å²) in [4.78, 5) is 26.1. The standard InChI is InChI=1S/C22H23N5O5S/c28-21(24-18-2-1-3-20-17(18)13-23-27(20)22(29)30)25-19-7-4-14-12-15(5-6-16(14)19)26-8-10-33(31,32)11-9-26/h1-3,5-6,12-13,19H,4,7-11H2,(H,29,30)(H2,24,25,28). The minimum atomic E-state index is -2.93. The largest absolute Gasteiger partial charge is 0.463 e. The van der Waals surface area contributed by atoms with Crippen LogP contribution in [-0.2, 0) is 16.3 Å². The third-order valence-electron chi connectivity index (χ3n) is 6.26. The number of benzene rings is 2. The van der Waals surface area contributed by atoms with Crippen LogP contribution < -0.4 is 15.5 Å². The zero-order valence-electron chi connectivity index (χ0n) is 17.7. The number of hydrogen-bond acceptors (Lipinski definition) is 6. The molecule has 1 unspecified atom stereocenters. The van der Waals surface area contributed by atoms with E-state index >= 15 is 0 Å². The van der Waals surface area contributed by atoms with Gasteiger partial charge in [0.25, 0.3) is 0 Å². The molecule has 5 rings (SSSR count). The van der Waals surface area contributed by atoms with Gasteiger partial charge in [-0.05, 0) is 48.2 Å². The molecule has 0 spiro atoms. The van der Waals surface area contributed by atoms with Crippen LogP contribution in [-0.4, -0.2) is 60.0 Å². The molecule has 1 aromatic heterocycles. The van der Waals surface area contributed by atoms with Gasteiger partial charge in [0.15, 0.2) is 9.84 Å². The van der Waals surface area contributed by atoms with Crippen molar-refractivity contribution in [3.8, 4) is 0 Å². The maximum atomic E-state index is 12.7. The van der Waals surface area contributed by atoms with Gasteiger partial charge < -0.3 is 20.6 Å². The Bertz CT molecular complexity index is 1350. The summed E-state index contributed by atoms with van der Waals surface area (Å²) in [5.74, 6) is 0.346. The molecule has 33 heavy (non-hydrogen) atoms. The van der Waals surface area contributed by atoms with Gasteiger partial charge in [0.2, 0.25) is 0 Å². The maximum absolute atomic E-state index is 12.7. The molecule has 3 N–H and O–H groups in total. The molecule has 2 amide bonds. The minimum Gasteiger partial charge on any atom is -0.463 e. The van der Waals surface area contributed by atoms with Crippen LogP contribution in [0.5, 0.6) is 0 Å². The number of rotatable bonds is 3. The van der Waals surface area contributed by atoms with Crippen LogP contribution >= 0.6 is 0 Å². The molecule has 2 aliphatic rings. The Hall–Kier alpha value is -3.60. The van der Waals surface area contributed by atoms with Crippen LogP contribution in [0.3, 0.4) is 0 Å². The maximum Gasteiger partial charge on any atom is 0.432 e. The molecule has 0 saturated carbocycles. The molecule has 1 fully saturated rings. The van der Waals surface area contributed by atoms with Crippen molar-refractivity contribution < 1.29 is 23.1 Å². The van der Waals surface area contributed by atoms with Gasteiger partial charge >= 0.3 is 12.1 Å². The SMILES string of the molecule is O=C(Nc1cccc2c1cnn2C(=O)O)NC1CCc2cc(N3CCS(=O)(=O)CC3)ccc21. The Morgan fingerprint density at radius 3 is 2.67 bits per heavy atom. The van der Waals surface area contributed by atoms with Gasteiger partial charge in [-0.3, -0.25) is 0 Å². The molecule has 1 atom stereocenters. The fourth-order valence-electron chi connectivity index (χ4n) is 4.55. The molecule has 2 aromatic carbocycles. The van der Waals surface area contributed by atoms with Crippen molar-refractivity contribution in [2.24, 2.45) is 0 Å². The Labute approximate surface area is 190 Å². The van der Waals surface area contributed by atoms with Crippen molar-refractivity contribution in [2.45, 2.75) is 18.9 Å². The summed E-state index contributed by atoms with van der Waals surface area (Å²) in [5, 5.41) is 19.4. The van der Waals surface area contributed by atoms with Crippen molar-refractivity contribution in [3.05, 3.63) is 53.7 Å². The van der Waals surface area contributed by atoms with E-state index in [0.717, 1.165) is 34.3 Å². The topological polar surface area (TPSA) is 134 Å². The van der Waals surface area contributed by atoms with E-state index in [4.69, 9.17) is 0 Å². The van der Waals surface area contributed by atoms with Crippen LogP contribution in [0, 0.1) is 0 Å². The highest BCUT2D eigenvalue weighted by atomic mass is 32.2. The molecule has 172 valence electrons. The Balaban J connectivity index is 1.28. The number of aryl methyl sites for hydroxylation is 1. The number of carbonyl (C=O) groups excluding carboxylic acids is 1. The second-order valence-corrected chi connectivity index (χ2v) is 10.6. The van der Waals surface area contributed by atoms with E-state index in [1.165, 1.54) is 6.20 Å². The third-order valence-corrected chi connectivity index (χ3v) is 7.87. The minimum absolute atomic E-state index is 0.142. The lowest BCUT2D eigenvalue weighted by Crippen LogP contribution is -2.40. The number of carboxylic acid groups (broad SMARTS) is 1. The molecular weight excluding hydrogens is 446 g/mol. The van der Waals surface area contributed by atoms with Crippen LogP contribution in [0.25, 0.3) is 10.9 Å². The first kappa shape index (κ1) is 21.3. The average molecular weight is 470 g/mol. The fraction of sp³-hybridized carbons (Fsp3) is 0.318. The summed E-state index contributed by atoms with van der Waals surface area (Å²) in [6.07, 6.45) is 1.81. The first-order valence-electron chi connectivity index (χ1n) is 10.7. The lowest BCUT2D eigenvalue weighted by atomic mass is 10.1. The summed E-state index contributed by atoms with van der Waals surface area (Å²) in [5.41, 5.74) is 4.08. The molecule has 1 aliphatic carbocycles. The fourth-order valence-corrected chi connectivity index (χ4v) is 5.75. The zero-order chi connectivity index (χ0) is 23.2. The molecule has 1 aliphatic heterocycles. The predicted molar refractivity (Wildman–Crippen MR) is 124 cm³/mol. The summed E-state index contributed by atoms with van der Waals surface area (Å²) >= 11 is 0. The molecule has 1 saturated heterocycles. The lowest BCUT2D eigenvalue weighted by Gasteiger charge is -2.29. The van der Waals surface area contributed by atoms with E-state index in [1.54, 1.807) is 18.2 Å². The molecule has 10 nitrogen and oxygen atoms in total. The second-order valence-electron chi connectivity index (χ2n) is 8.29. The van der Waals surface area contributed by atoms with Gasteiger partial charge in [0, 0.05) is 24.2 Å². The van der Waals surface area contributed by atoms with Crippen molar-refractivity contribution in [1.29, 1.82) is 0 Å². The lowest BCUT2D eigenvalue weighted by molar-refractivity contribution is 0.194. The summed E-state index contributed by atoms with van der Waals surface area (Å²) in [6.45, 7) is 0.991. The number of fused-ring (bicyclic) bond motifs is 2. The highest BCUT2D eigenvalue weighted by Crippen LogP contribution is 2.34. The normalized spacial score (nSPS) is 19.3. The van der Waals surface area contributed by atoms with Gasteiger partial charge in [-0.2, -0.15) is 9.78 Å². The van der Waals surface area contributed by atoms with Gasteiger partial charge in [0.1, 0.15) is 0 Å². The number of urea groups is 1. The van der Waals surface area contributed by atoms with Crippen LogP contribution in [0.1, 0.15) is 23.6 Å². The Morgan fingerprint density at radius 2 is 1.91 bits per heavy atom. The number of nitrogens with one attached hydrogen (secondary N) is 2. The van der Waals surface area contributed by atoms with Crippen molar-refractivity contribution in [1.82, 2.24) is 15.1 Å². The van der Waals surface area contributed by atoms with E-state index in [2.05, 4.69) is 26.7 Å². The number of hydrogen-bond donors (Lipinski definition) is 3. The summed E-state index contributed by atoms with van der Waals surface area (Å²) in [6, 6.07) is 10.5. The molecule has 2 heterocycles. The first-order chi connectivity index (χ1) is 15.8. The van der Waals surface area contributed by atoms with E-state index in [1.807, 2.05) is 12.1 Å². The summed E-state index contributed by atoms with van der Waals surface area (Å²) < 4.78 is 24.2. The Kier molecular flexibility index (Phi) is 5.20. The van der Waals surface area contributed by atoms with Gasteiger partial charge in [-0.25, -0.2) is 18.0 Å². The molecule has 3 aromatic rings. The quantitative estimate of drug-likeness (QED) is 0.537. The van der Waals surface area contributed by atoms with Crippen LogP contribution in [0.2, 0.25) is 0 Å². The van der Waals surface area contributed by atoms with Gasteiger partial charge in [-0.1, -0.05) is 12.1 Å². The van der Waals surface area contributed by atoms with Gasteiger partial charge in [0.05, 0.1) is 34.9 Å². The molecule has 0 radical (unpaired) electrons. The monoisotopic (exact) mass is 469 g/mol. The predicted octanol–water partition coefficient (Wildman–Crippen LogP) is 2.61. The van der Waals surface area contributed by atoms with E-state index in [0.29, 0.717) is 29.7 Å². The smallest absolute Gasteiger partial charge is 0.432 e. The van der Waals surface area contributed by atoms with E-state index in [9.17, 15) is 23.1 Å². The van der Waals surface area contributed by atoms with Crippen molar-refractivity contribution in [2.75, 3.05) is 34.8 Å². The number of aromatic nitrogens is 2.